The average Bonchev–Trinajstić information content (AvgIpc) is 3.28. The van der Waals surface area contributed by atoms with Gasteiger partial charge in [0, 0.05) is 43.1 Å². The van der Waals surface area contributed by atoms with Gasteiger partial charge in [0.1, 0.15) is 0 Å². The topological polar surface area (TPSA) is 56.1 Å². The monoisotopic (exact) mass is 361 g/mol. The van der Waals surface area contributed by atoms with Crippen LogP contribution in [0.15, 0.2) is 73.1 Å². The van der Waals surface area contributed by atoms with E-state index in [2.05, 4.69) is 34.7 Å². The van der Waals surface area contributed by atoms with Gasteiger partial charge in [0.25, 0.3) is 5.91 Å². The molecule has 0 aliphatic carbocycles. The summed E-state index contributed by atoms with van der Waals surface area (Å²) in [6.07, 6.45) is 5.40. The van der Waals surface area contributed by atoms with Crippen LogP contribution >= 0.6 is 0 Å². The summed E-state index contributed by atoms with van der Waals surface area (Å²) >= 11 is 0. The SMILES string of the molecule is O=C(NCC1(c2ccccc2)CCOCC1)c1cccc(-n2cccn2)c1. The summed E-state index contributed by atoms with van der Waals surface area (Å²) in [5, 5.41) is 7.38. The van der Waals surface area contributed by atoms with Crippen molar-refractivity contribution < 1.29 is 9.53 Å². The van der Waals surface area contributed by atoms with Crippen LogP contribution in [0.5, 0.6) is 0 Å². The molecule has 5 nitrogen and oxygen atoms in total. The normalized spacial score (nSPS) is 16.0. The van der Waals surface area contributed by atoms with E-state index in [-0.39, 0.29) is 11.3 Å². The van der Waals surface area contributed by atoms with Crippen molar-refractivity contribution in [3.8, 4) is 5.69 Å². The Balaban J connectivity index is 1.51. The summed E-state index contributed by atoms with van der Waals surface area (Å²) in [4.78, 5) is 12.8. The molecule has 0 spiro atoms. The number of amides is 1. The van der Waals surface area contributed by atoms with E-state index in [4.69, 9.17) is 4.74 Å². The minimum atomic E-state index is -0.0746. The van der Waals surface area contributed by atoms with E-state index < -0.39 is 0 Å². The van der Waals surface area contributed by atoms with Crippen LogP contribution in [-0.4, -0.2) is 35.4 Å². The standard InChI is InChI=1S/C22H23N3O2/c26-21(18-6-4-9-20(16-18)25-13-5-12-24-25)23-17-22(10-14-27-15-11-22)19-7-2-1-3-8-19/h1-9,12-13,16H,10-11,14-15,17H2,(H,23,26). The van der Waals surface area contributed by atoms with Gasteiger partial charge in [0.15, 0.2) is 0 Å². The van der Waals surface area contributed by atoms with Crippen LogP contribution in [0, 0.1) is 0 Å². The van der Waals surface area contributed by atoms with Crippen LogP contribution in [0.2, 0.25) is 0 Å². The van der Waals surface area contributed by atoms with Gasteiger partial charge in [0.05, 0.1) is 5.69 Å². The molecule has 138 valence electrons. The molecule has 5 heteroatoms. The zero-order chi connectivity index (χ0) is 18.5. The second kappa shape index (κ2) is 7.76. The van der Waals surface area contributed by atoms with Gasteiger partial charge >= 0.3 is 0 Å². The Labute approximate surface area is 159 Å². The molecule has 27 heavy (non-hydrogen) atoms. The lowest BCUT2D eigenvalue weighted by atomic mass is 9.74. The van der Waals surface area contributed by atoms with Gasteiger partial charge in [0.2, 0.25) is 0 Å². The molecule has 1 amide bonds. The number of hydrogen-bond donors (Lipinski definition) is 1. The first-order chi connectivity index (χ1) is 13.3. The molecule has 1 aromatic heterocycles. The van der Waals surface area contributed by atoms with Crippen molar-refractivity contribution in [2.24, 2.45) is 0 Å². The zero-order valence-electron chi connectivity index (χ0n) is 15.2. The fraction of sp³-hybridized carbons (Fsp3) is 0.273. The van der Waals surface area contributed by atoms with Gasteiger partial charge in [-0.3, -0.25) is 4.79 Å². The number of hydrogen-bond acceptors (Lipinski definition) is 3. The Morgan fingerprint density at radius 1 is 1.07 bits per heavy atom. The van der Waals surface area contributed by atoms with Crippen molar-refractivity contribution in [3.63, 3.8) is 0 Å². The molecule has 1 aliphatic rings. The largest absolute Gasteiger partial charge is 0.381 e. The second-order valence-corrected chi connectivity index (χ2v) is 6.94. The minimum Gasteiger partial charge on any atom is -0.381 e. The quantitative estimate of drug-likeness (QED) is 0.758. The zero-order valence-corrected chi connectivity index (χ0v) is 15.2. The lowest BCUT2D eigenvalue weighted by molar-refractivity contribution is 0.0487. The van der Waals surface area contributed by atoms with Crippen molar-refractivity contribution in [2.45, 2.75) is 18.3 Å². The van der Waals surface area contributed by atoms with E-state index >= 15 is 0 Å². The van der Waals surface area contributed by atoms with Crippen molar-refractivity contribution in [1.82, 2.24) is 15.1 Å². The van der Waals surface area contributed by atoms with Gasteiger partial charge in [-0.1, -0.05) is 36.4 Å². The van der Waals surface area contributed by atoms with E-state index in [9.17, 15) is 4.79 Å². The Morgan fingerprint density at radius 3 is 2.63 bits per heavy atom. The maximum atomic E-state index is 12.8. The lowest BCUT2D eigenvalue weighted by Crippen LogP contribution is -2.44. The molecule has 1 saturated heterocycles. The molecule has 4 rings (SSSR count). The summed E-state index contributed by atoms with van der Waals surface area (Å²) in [5.74, 6) is -0.0641. The van der Waals surface area contributed by atoms with Crippen LogP contribution in [-0.2, 0) is 10.2 Å². The first-order valence-corrected chi connectivity index (χ1v) is 9.28. The Kier molecular flexibility index (Phi) is 5.03. The fourth-order valence-corrected chi connectivity index (χ4v) is 3.68. The highest BCUT2D eigenvalue weighted by molar-refractivity contribution is 5.94. The molecule has 1 N–H and O–H groups in total. The number of carbonyl (C=O) groups excluding carboxylic acids is 1. The lowest BCUT2D eigenvalue weighted by Gasteiger charge is -2.38. The molecule has 0 atom stereocenters. The van der Waals surface area contributed by atoms with E-state index in [0.29, 0.717) is 12.1 Å². The number of rotatable bonds is 5. The van der Waals surface area contributed by atoms with E-state index in [0.717, 1.165) is 31.7 Å². The summed E-state index contributed by atoms with van der Waals surface area (Å²) in [6, 6.07) is 19.8. The maximum Gasteiger partial charge on any atom is 0.251 e. The van der Waals surface area contributed by atoms with Crippen LogP contribution in [0.1, 0.15) is 28.8 Å². The predicted octanol–water partition coefficient (Wildman–Crippen LogP) is 3.35. The average molecular weight is 361 g/mol. The number of aromatic nitrogens is 2. The summed E-state index contributed by atoms with van der Waals surface area (Å²) in [5.41, 5.74) is 2.70. The first-order valence-electron chi connectivity index (χ1n) is 9.28. The molecule has 0 unspecified atom stereocenters. The minimum absolute atomic E-state index is 0.0641. The number of benzene rings is 2. The third-order valence-electron chi connectivity index (χ3n) is 5.30. The van der Waals surface area contributed by atoms with Crippen molar-refractivity contribution >= 4 is 5.91 Å². The van der Waals surface area contributed by atoms with Gasteiger partial charge < -0.3 is 10.1 Å². The summed E-state index contributed by atoms with van der Waals surface area (Å²) in [7, 11) is 0. The van der Waals surface area contributed by atoms with E-state index in [1.54, 1.807) is 10.9 Å². The Morgan fingerprint density at radius 2 is 1.89 bits per heavy atom. The third-order valence-corrected chi connectivity index (χ3v) is 5.30. The molecule has 1 fully saturated rings. The Bertz CT molecular complexity index is 885. The number of ether oxygens (including phenoxy) is 1. The van der Waals surface area contributed by atoms with Gasteiger partial charge in [-0.05, 0) is 42.7 Å². The molecule has 2 heterocycles. The van der Waals surface area contributed by atoms with E-state index in [1.807, 2.05) is 42.6 Å². The maximum absolute atomic E-state index is 12.8. The first kappa shape index (κ1) is 17.5. The summed E-state index contributed by atoms with van der Waals surface area (Å²) < 4.78 is 7.32. The molecule has 3 aromatic rings. The Hall–Kier alpha value is -2.92. The predicted molar refractivity (Wildman–Crippen MR) is 104 cm³/mol. The number of nitrogens with zero attached hydrogens (tertiary/aromatic N) is 2. The van der Waals surface area contributed by atoms with Crippen LogP contribution in [0.3, 0.4) is 0 Å². The fourth-order valence-electron chi connectivity index (χ4n) is 3.68. The molecule has 0 radical (unpaired) electrons. The molecular weight excluding hydrogens is 338 g/mol. The van der Waals surface area contributed by atoms with E-state index in [1.165, 1.54) is 5.56 Å². The van der Waals surface area contributed by atoms with Crippen LogP contribution in [0.25, 0.3) is 5.69 Å². The molecular formula is C22H23N3O2. The van der Waals surface area contributed by atoms with Crippen LogP contribution in [0.4, 0.5) is 0 Å². The molecule has 0 saturated carbocycles. The molecule has 0 bridgehead atoms. The van der Waals surface area contributed by atoms with Gasteiger partial charge in [-0.2, -0.15) is 5.10 Å². The van der Waals surface area contributed by atoms with Crippen molar-refractivity contribution in [3.05, 3.63) is 84.2 Å². The number of carbonyl (C=O) groups is 1. The molecule has 1 aliphatic heterocycles. The highest BCUT2D eigenvalue weighted by Gasteiger charge is 2.34. The summed E-state index contributed by atoms with van der Waals surface area (Å²) in [6.45, 7) is 2.05. The highest BCUT2D eigenvalue weighted by atomic mass is 16.5. The smallest absolute Gasteiger partial charge is 0.251 e. The van der Waals surface area contributed by atoms with Crippen molar-refractivity contribution in [1.29, 1.82) is 0 Å². The van der Waals surface area contributed by atoms with Gasteiger partial charge in [-0.25, -0.2) is 4.68 Å². The number of nitrogens with one attached hydrogen (secondary N) is 1. The van der Waals surface area contributed by atoms with Crippen molar-refractivity contribution in [2.75, 3.05) is 19.8 Å². The second-order valence-electron chi connectivity index (χ2n) is 6.94. The highest BCUT2D eigenvalue weighted by Crippen LogP contribution is 2.34. The van der Waals surface area contributed by atoms with Gasteiger partial charge in [-0.15, -0.1) is 0 Å². The molecule has 2 aromatic carbocycles. The van der Waals surface area contributed by atoms with Crippen LogP contribution < -0.4 is 5.32 Å². The third kappa shape index (κ3) is 3.78.